The molecule has 0 aromatic carbocycles. The van der Waals surface area contributed by atoms with Gasteiger partial charge in [0.25, 0.3) is 0 Å². The predicted molar refractivity (Wildman–Crippen MR) is 88.9 cm³/mol. The average molecular weight is 299 g/mol. The summed E-state index contributed by atoms with van der Waals surface area (Å²) in [6, 6.07) is 0. The summed E-state index contributed by atoms with van der Waals surface area (Å²) in [7, 11) is 0. The zero-order chi connectivity index (χ0) is 15.2. The van der Waals surface area contributed by atoms with Gasteiger partial charge in [-0.15, -0.1) is 0 Å². The lowest BCUT2D eigenvalue weighted by Gasteiger charge is -2.70. The highest BCUT2D eigenvalue weighted by Gasteiger charge is 2.68. The fourth-order valence-electron chi connectivity index (χ4n) is 7.71. The molecule has 0 saturated heterocycles. The average Bonchev–Trinajstić information content (AvgIpc) is 2.48. The Hall–Kier alpha value is -0.630. The highest BCUT2D eigenvalue weighted by atomic mass is 16.3. The van der Waals surface area contributed by atoms with Crippen molar-refractivity contribution in [2.45, 2.75) is 64.4 Å². The fraction of sp³-hybridized carbons (Fsp3) is 0.850. The largest absolute Gasteiger partial charge is 0.393 e. The summed E-state index contributed by atoms with van der Waals surface area (Å²) in [6.07, 6.45) is 12.1. The third kappa shape index (κ3) is 1.40. The van der Waals surface area contributed by atoms with Crippen LogP contribution in [0.5, 0.6) is 0 Å². The summed E-state index contributed by atoms with van der Waals surface area (Å²) in [5, 5.41) is 11.2. The molecule has 2 nitrogen and oxygen atoms in total. The quantitative estimate of drug-likeness (QED) is 0.674. The number of nitrogens with zero attached hydrogens (tertiary/aromatic N) is 1. The maximum Gasteiger partial charge on any atom is 0.0605 e. The standard InChI is InChI=1S/C20H29NO/c1-13-10-19-7-4-14(13)8-16(19)20-6-3-5-18(2,11-21-12-20)15(20)9-17(19)22/h12,14-17,22H,1,3-11H2,2H3/t14?,15-,16?,17+,18?,19-,20?/m1/s1. The van der Waals surface area contributed by atoms with Gasteiger partial charge in [-0.3, -0.25) is 4.99 Å². The van der Waals surface area contributed by atoms with Gasteiger partial charge in [0, 0.05) is 23.6 Å². The zero-order valence-electron chi connectivity index (χ0n) is 13.9. The summed E-state index contributed by atoms with van der Waals surface area (Å²) < 4.78 is 0. The van der Waals surface area contributed by atoms with Crippen molar-refractivity contribution < 1.29 is 5.11 Å². The minimum atomic E-state index is -0.113. The molecule has 1 spiro atoms. The monoisotopic (exact) mass is 299 g/mol. The van der Waals surface area contributed by atoms with E-state index in [2.05, 4.69) is 19.7 Å². The summed E-state index contributed by atoms with van der Waals surface area (Å²) in [6.45, 7) is 7.81. The Bertz CT molecular complexity index is 568. The molecule has 4 unspecified atom stereocenters. The molecular weight excluding hydrogens is 270 g/mol. The molecule has 1 heterocycles. The van der Waals surface area contributed by atoms with Crippen LogP contribution in [0.4, 0.5) is 0 Å². The Labute approximate surface area is 134 Å². The van der Waals surface area contributed by atoms with E-state index in [4.69, 9.17) is 4.99 Å². The number of hydrogen-bond acceptors (Lipinski definition) is 2. The molecule has 5 aliphatic carbocycles. The van der Waals surface area contributed by atoms with Crippen LogP contribution in [0.2, 0.25) is 0 Å². The van der Waals surface area contributed by atoms with E-state index in [0.717, 1.165) is 25.3 Å². The van der Waals surface area contributed by atoms with Gasteiger partial charge in [0.05, 0.1) is 6.10 Å². The third-order valence-electron chi connectivity index (χ3n) is 8.71. The van der Waals surface area contributed by atoms with Gasteiger partial charge in [-0.1, -0.05) is 25.5 Å². The van der Waals surface area contributed by atoms with E-state index in [1.165, 1.54) is 44.1 Å². The maximum atomic E-state index is 11.2. The van der Waals surface area contributed by atoms with Crippen LogP contribution in [0.3, 0.4) is 0 Å². The van der Waals surface area contributed by atoms with E-state index in [0.29, 0.717) is 22.7 Å². The molecule has 22 heavy (non-hydrogen) atoms. The molecule has 7 atom stereocenters. The van der Waals surface area contributed by atoms with Crippen molar-refractivity contribution in [1.82, 2.24) is 0 Å². The first-order valence-corrected chi connectivity index (χ1v) is 9.37. The Morgan fingerprint density at radius 3 is 2.91 bits per heavy atom. The van der Waals surface area contributed by atoms with Gasteiger partial charge < -0.3 is 5.11 Å². The number of rotatable bonds is 0. The summed E-state index contributed by atoms with van der Waals surface area (Å²) in [4.78, 5) is 4.89. The van der Waals surface area contributed by atoms with Gasteiger partial charge in [-0.25, -0.2) is 0 Å². The molecule has 1 aliphatic heterocycles. The van der Waals surface area contributed by atoms with Crippen LogP contribution >= 0.6 is 0 Å². The third-order valence-corrected chi connectivity index (χ3v) is 8.71. The van der Waals surface area contributed by atoms with Gasteiger partial charge in [0.2, 0.25) is 0 Å². The van der Waals surface area contributed by atoms with Crippen LogP contribution < -0.4 is 0 Å². The van der Waals surface area contributed by atoms with Crippen molar-refractivity contribution >= 4 is 6.21 Å². The lowest BCUT2D eigenvalue weighted by atomic mass is 9.35. The minimum Gasteiger partial charge on any atom is -0.393 e. The van der Waals surface area contributed by atoms with Crippen LogP contribution in [0, 0.1) is 34.0 Å². The fourth-order valence-corrected chi connectivity index (χ4v) is 7.71. The van der Waals surface area contributed by atoms with E-state index in [9.17, 15) is 5.11 Å². The molecule has 5 saturated carbocycles. The van der Waals surface area contributed by atoms with E-state index < -0.39 is 0 Å². The Morgan fingerprint density at radius 1 is 1.23 bits per heavy atom. The number of aliphatic imine (C=N–C) groups is 1. The Balaban J connectivity index is 1.67. The second-order valence-electron chi connectivity index (χ2n) is 9.49. The molecule has 5 fully saturated rings. The van der Waals surface area contributed by atoms with Crippen molar-refractivity contribution in [2.75, 3.05) is 6.54 Å². The number of aliphatic hydroxyl groups is 1. The topological polar surface area (TPSA) is 32.6 Å². The first kappa shape index (κ1) is 13.8. The van der Waals surface area contributed by atoms with Gasteiger partial charge in [-0.2, -0.15) is 0 Å². The zero-order valence-corrected chi connectivity index (χ0v) is 13.9. The van der Waals surface area contributed by atoms with Gasteiger partial charge in [0.1, 0.15) is 0 Å². The normalized spacial score (nSPS) is 59.1. The molecule has 0 amide bonds. The molecular formula is C20H29NO. The molecule has 0 aromatic rings. The van der Waals surface area contributed by atoms with E-state index in [-0.39, 0.29) is 11.5 Å². The second-order valence-corrected chi connectivity index (χ2v) is 9.49. The smallest absolute Gasteiger partial charge is 0.0605 e. The number of aliphatic hydroxyl groups excluding tert-OH is 1. The lowest BCUT2D eigenvalue weighted by molar-refractivity contribution is -0.201. The summed E-state index contributed by atoms with van der Waals surface area (Å²) >= 11 is 0. The van der Waals surface area contributed by atoms with Gasteiger partial charge >= 0.3 is 0 Å². The van der Waals surface area contributed by atoms with Crippen LogP contribution in [0.15, 0.2) is 17.1 Å². The van der Waals surface area contributed by atoms with Crippen LogP contribution in [0.1, 0.15) is 58.3 Å². The van der Waals surface area contributed by atoms with Crippen LogP contribution in [-0.2, 0) is 0 Å². The highest BCUT2D eigenvalue weighted by Crippen LogP contribution is 2.72. The SMILES string of the molecule is C=C1C[C@]23CCC1CC2C12C=NCC(C)(CCC1)[C@H]2C[C@@H]3O. The van der Waals surface area contributed by atoms with Crippen molar-refractivity contribution in [2.24, 2.45) is 39.0 Å². The summed E-state index contributed by atoms with van der Waals surface area (Å²) in [5.41, 5.74) is 2.19. The van der Waals surface area contributed by atoms with Crippen molar-refractivity contribution in [3.05, 3.63) is 12.2 Å². The van der Waals surface area contributed by atoms with Gasteiger partial charge in [-0.05, 0) is 68.1 Å². The molecule has 2 heteroatoms. The van der Waals surface area contributed by atoms with Crippen molar-refractivity contribution in [3.63, 3.8) is 0 Å². The number of allylic oxidation sites excluding steroid dienone is 1. The molecule has 6 aliphatic rings. The van der Waals surface area contributed by atoms with Crippen molar-refractivity contribution in [1.29, 1.82) is 0 Å². The van der Waals surface area contributed by atoms with E-state index >= 15 is 0 Å². The second kappa shape index (κ2) is 4.06. The summed E-state index contributed by atoms with van der Waals surface area (Å²) in [5.74, 6) is 2.03. The Morgan fingerprint density at radius 2 is 2.09 bits per heavy atom. The Kier molecular flexibility index (Phi) is 2.54. The molecule has 4 bridgehead atoms. The molecule has 0 aromatic heterocycles. The maximum absolute atomic E-state index is 11.2. The van der Waals surface area contributed by atoms with Gasteiger partial charge in [0.15, 0.2) is 0 Å². The van der Waals surface area contributed by atoms with Crippen molar-refractivity contribution in [3.8, 4) is 0 Å². The molecule has 0 radical (unpaired) electrons. The predicted octanol–water partition coefficient (Wildman–Crippen LogP) is 3.99. The first-order chi connectivity index (χ1) is 10.5. The first-order valence-electron chi connectivity index (χ1n) is 9.37. The molecule has 1 N–H and O–H groups in total. The lowest BCUT2D eigenvalue weighted by Crippen LogP contribution is -2.67. The number of fused-ring (bicyclic) bond motifs is 2. The molecule has 120 valence electrons. The minimum absolute atomic E-state index is 0.113. The number of hydrogen-bond donors (Lipinski definition) is 1. The van der Waals surface area contributed by atoms with E-state index in [1.54, 1.807) is 0 Å². The van der Waals surface area contributed by atoms with Crippen LogP contribution in [0.25, 0.3) is 0 Å². The molecule has 6 rings (SSSR count). The van der Waals surface area contributed by atoms with Crippen LogP contribution in [-0.4, -0.2) is 24.0 Å². The van der Waals surface area contributed by atoms with E-state index in [1.807, 2.05) is 0 Å². The highest BCUT2D eigenvalue weighted by molar-refractivity contribution is 5.70.